The molecule has 0 atom stereocenters. The van der Waals surface area contributed by atoms with Gasteiger partial charge in [0.2, 0.25) is 0 Å². The molecule has 5 heteroatoms. The number of hydrogen-bond acceptors (Lipinski definition) is 1. The van der Waals surface area contributed by atoms with E-state index in [1.54, 1.807) is 6.07 Å². The van der Waals surface area contributed by atoms with E-state index < -0.39 is 5.91 Å². The van der Waals surface area contributed by atoms with E-state index in [1.165, 1.54) is 0 Å². The number of carbonyl (C=O) groups is 1. The van der Waals surface area contributed by atoms with Gasteiger partial charge in [-0.05, 0) is 79.9 Å². The fraction of sp³-hybridized carbons (Fsp3) is 0. The summed E-state index contributed by atoms with van der Waals surface area (Å²) in [5.74, 6) is -0.617. The van der Waals surface area contributed by atoms with Crippen LogP contribution < -0.4 is 5.73 Å². The van der Waals surface area contributed by atoms with Crippen LogP contribution in [0.1, 0.15) is 10.4 Å². The molecule has 1 amide bonds. The lowest BCUT2D eigenvalue weighted by Gasteiger charge is -2.03. The van der Waals surface area contributed by atoms with Crippen LogP contribution in [0.4, 0.5) is 0 Å². The summed E-state index contributed by atoms with van der Waals surface area (Å²) in [6.07, 6.45) is 0. The second-order valence-electron chi connectivity index (χ2n) is 2.05. The van der Waals surface area contributed by atoms with Crippen LogP contribution in [0.15, 0.2) is 12.1 Å². The van der Waals surface area contributed by atoms with Crippen LogP contribution in [0.25, 0.3) is 0 Å². The Morgan fingerprint density at radius 1 is 1.17 bits per heavy atom. The third kappa shape index (κ3) is 2.22. The van der Waals surface area contributed by atoms with Crippen molar-refractivity contribution < 1.29 is 4.79 Å². The van der Waals surface area contributed by atoms with Crippen molar-refractivity contribution >= 4 is 73.7 Å². The second kappa shape index (κ2) is 4.40. The minimum atomic E-state index is -0.617. The van der Waals surface area contributed by atoms with Gasteiger partial charge in [-0.1, -0.05) is 0 Å². The van der Waals surface area contributed by atoms with E-state index in [2.05, 4.69) is 67.8 Å². The molecule has 0 fully saturated rings. The van der Waals surface area contributed by atoms with Crippen molar-refractivity contribution in [3.05, 3.63) is 28.4 Å². The molecule has 0 spiro atoms. The Balaban J connectivity index is 3.36. The number of benzene rings is 1. The first kappa shape index (κ1) is 11.0. The van der Waals surface area contributed by atoms with Gasteiger partial charge in [0, 0.05) is 10.7 Å². The maximum atomic E-state index is 10.8. The quantitative estimate of drug-likeness (QED) is 0.434. The Morgan fingerprint density at radius 2 is 1.75 bits per heavy atom. The monoisotopic (exact) mass is 498 g/mol. The third-order valence-electron chi connectivity index (χ3n) is 1.28. The maximum Gasteiger partial charge on any atom is 0.270 e. The van der Waals surface area contributed by atoms with E-state index in [0.29, 0.717) is 5.56 Å². The first-order chi connectivity index (χ1) is 5.54. The molecule has 0 saturated heterocycles. The predicted molar refractivity (Wildman–Crippen MR) is 72.0 cm³/mol. The molecule has 0 saturated carbocycles. The Labute approximate surface area is 111 Å². The first-order valence-electron chi connectivity index (χ1n) is 2.93. The van der Waals surface area contributed by atoms with Crippen molar-refractivity contribution in [3.8, 4) is 0 Å². The van der Waals surface area contributed by atoms with Gasteiger partial charge in [0.1, 0.15) is 0 Å². The van der Waals surface area contributed by atoms with Crippen molar-refractivity contribution in [3.63, 3.8) is 0 Å². The van der Waals surface area contributed by atoms with Gasteiger partial charge in [0.05, 0.1) is 5.56 Å². The molecule has 63 valence electrons. The molecule has 1 aromatic rings. The highest BCUT2D eigenvalue weighted by Gasteiger charge is 2.11. The van der Waals surface area contributed by atoms with Crippen LogP contribution in [0.5, 0.6) is 0 Å². The van der Waals surface area contributed by atoms with Gasteiger partial charge in [0.25, 0.3) is 5.91 Å². The van der Waals surface area contributed by atoms with Crippen LogP contribution in [0.3, 0.4) is 0 Å². The van der Waals surface area contributed by atoms with E-state index in [-0.39, 0.29) is 0 Å². The normalized spacial score (nSPS) is 9.92. The van der Waals surface area contributed by atoms with Gasteiger partial charge in [-0.2, -0.15) is 0 Å². The molecular weight excluding hydrogens is 495 g/mol. The first-order valence-corrected chi connectivity index (χ1v) is 6.17. The van der Waals surface area contributed by atoms with Gasteiger partial charge < -0.3 is 0 Å². The van der Waals surface area contributed by atoms with E-state index in [9.17, 15) is 4.79 Å². The summed E-state index contributed by atoms with van der Waals surface area (Å²) in [6, 6.07) is 3.55. The highest BCUT2D eigenvalue weighted by Crippen LogP contribution is 2.24. The summed E-state index contributed by atoms with van der Waals surface area (Å²) in [5, 5.41) is 0. The molecule has 2 nitrogen and oxygen atoms in total. The van der Waals surface area contributed by atoms with Crippen molar-refractivity contribution in [2.75, 3.05) is 0 Å². The lowest BCUT2D eigenvalue weighted by molar-refractivity contribution is 0.0991. The molecule has 0 bridgehead atoms. The zero-order chi connectivity index (χ0) is 9.30. The van der Waals surface area contributed by atoms with Gasteiger partial charge in [-0.3, -0.25) is 10.5 Å². The minimum Gasteiger partial charge on any atom is -0.267 e. The molecular formula is C7H3I3NO. The average molecular weight is 498 g/mol. The maximum absolute atomic E-state index is 10.8. The molecule has 1 radical (unpaired) electrons. The van der Waals surface area contributed by atoms with E-state index in [0.717, 1.165) is 10.7 Å². The fourth-order valence-electron chi connectivity index (χ4n) is 0.701. The highest BCUT2D eigenvalue weighted by atomic mass is 127. The van der Waals surface area contributed by atoms with Crippen molar-refractivity contribution in [1.82, 2.24) is 5.73 Å². The fourth-order valence-corrected chi connectivity index (χ4v) is 2.85. The third-order valence-corrected chi connectivity index (χ3v) is 6.48. The molecule has 1 N–H and O–H groups in total. The standard InChI is InChI=1S/C7H3I3NO/c8-4-2-1-3(7(11)12)5(9)6(4)10/h1-2,11H. The van der Waals surface area contributed by atoms with Crippen LogP contribution >= 0.6 is 67.8 Å². The minimum absolute atomic E-state index is 0.486. The summed E-state index contributed by atoms with van der Waals surface area (Å²) in [7, 11) is 0. The lowest BCUT2D eigenvalue weighted by Crippen LogP contribution is -2.03. The van der Waals surface area contributed by atoms with Crippen molar-refractivity contribution in [2.24, 2.45) is 0 Å². The molecule has 0 aliphatic carbocycles. The second-order valence-corrected chi connectivity index (χ2v) is 5.37. The summed E-state index contributed by atoms with van der Waals surface area (Å²) in [4.78, 5) is 10.8. The van der Waals surface area contributed by atoms with Crippen molar-refractivity contribution in [1.29, 1.82) is 0 Å². The number of hydrogen-bond donors (Lipinski definition) is 0. The predicted octanol–water partition coefficient (Wildman–Crippen LogP) is 2.92. The number of nitrogens with one attached hydrogen (secondary N) is 1. The highest BCUT2D eigenvalue weighted by molar-refractivity contribution is 14.1. The van der Waals surface area contributed by atoms with Gasteiger partial charge in [-0.25, -0.2) is 0 Å². The van der Waals surface area contributed by atoms with Crippen LogP contribution in [0.2, 0.25) is 0 Å². The van der Waals surface area contributed by atoms with Gasteiger partial charge in [-0.15, -0.1) is 0 Å². The molecule has 0 aromatic heterocycles. The van der Waals surface area contributed by atoms with Crippen molar-refractivity contribution in [2.45, 2.75) is 0 Å². The molecule has 0 aliphatic rings. The van der Waals surface area contributed by atoms with E-state index in [1.807, 2.05) is 6.07 Å². The summed E-state index contributed by atoms with van der Waals surface area (Å²) in [5.41, 5.74) is 7.46. The SMILES string of the molecule is [NH]C(=O)c1ccc(I)c(I)c1I. The zero-order valence-electron chi connectivity index (χ0n) is 5.70. The molecule has 0 aliphatic heterocycles. The Morgan fingerprint density at radius 3 is 2.25 bits per heavy atom. The van der Waals surface area contributed by atoms with Crippen LogP contribution in [-0.2, 0) is 0 Å². The largest absolute Gasteiger partial charge is 0.270 e. The number of rotatable bonds is 1. The Hall–Kier alpha value is 0.880. The van der Waals surface area contributed by atoms with E-state index >= 15 is 0 Å². The molecule has 1 rings (SSSR count). The number of carbonyl (C=O) groups excluding carboxylic acids is 1. The smallest absolute Gasteiger partial charge is 0.267 e. The summed E-state index contributed by atoms with van der Waals surface area (Å²) >= 11 is 6.48. The zero-order valence-corrected chi connectivity index (χ0v) is 12.2. The number of amides is 1. The molecule has 12 heavy (non-hydrogen) atoms. The van der Waals surface area contributed by atoms with E-state index in [4.69, 9.17) is 5.73 Å². The lowest BCUT2D eigenvalue weighted by atomic mass is 10.2. The molecule has 0 heterocycles. The van der Waals surface area contributed by atoms with Crippen LogP contribution in [-0.4, -0.2) is 5.91 Å². The number of halogens is 3. The van der Waals surface area contributed by atoms with Gasteiger partial charge >= 0.3 is 0 Å². The Kier molecular flexibility index (Phi) is 4.02. The van der Waals surface area contributed by atoms with Crippen LogP contribution in [0, 0.1) is 10.7 Å². The summed E-state index contributed by atoms with van der Waals surface area (Å²) < 4.78 is 3.04. The topological polar surface area (TPSA) is 40.9 Å². The molecule has 0 unspecified atom stereocenters. The summed E-state index contributed by atoms with van der Waals surface area (Å²) in [6.45, 7) is 0. The average Bonchev–Trinajstić information content (AvgIpc) is 2.00. The van der Waals surface area contributed by atoms with Gasteiger partial charge in [0.15, 0.2) is 0 Å². The molecule has 1 aromatic carbocycles. The Bertz CT molecular complexity index is 338.